The molecule has 82 valence electrons. The zero-order chi connectivity index (χ0) is 10.8. The van der Waals surface area contributed by atoms with Gasteiger partial charge < -0.3 is 4.74 Å². The quantitative estimate of drug-likeness (QED) is 0.340. The summed E-state index contributed by atoms with van der Waals surface area (Å²) in [6, 6.07) is 0. The summed E-state index contributed by atoms with van der Waals surface area (Å²) in [4.78, 5) is 11.3. The molecule has 0 aliphatic carbocycles. The molecule has 2 nitrogen and oxygen atoms in total. The fourth-order valence-electron chi connectivity index (χ4n) is 1.28. The van der Waals surface area contributed by atoms with Crippen molar-refractivity contribution in [3.05, 3.63) is 12.7 Å². The molecule has 0 radical (unpaired) electrons. The highest BCUT2D eigenvalue weighted by Crippen LogP contribution is 2.11. The number of ether oxygens (including phenoxy) is 1. The van der Waals surface area contributed by atoms with Crippen LogP contribution in [0.4, 0.5) is 0 Å². The lowest BCUT2D eigenvalue weighted by molar-refractivity contribution is -0.146. The number of unbranched alkanes of at least 4 members (excludes halogenated alkanes) is 3. The molecule has 0 saturated heterocycles. The highest BCUT2D eigenvalue weighted by Gasteiger charge is 2.12. The highest BCUT2D eigenvalue weighted by atomic mass is 16.5. The van der Waals surface area contributed by atoms with Crippen molar-refractivity contribution in [3.8, 4) is 0 Å². The molecular formula is C12H22O2. The number of carbonyl (C=O) groups is 1. The van der Waals surface area contributed by atoms with Gasteiger partial charge in [0.25, 0.3) is 0 Å². The summed E-state index contributed by atoms with van der Waals surface area (Å²) in [5.74, 6) is -0.0618. The van der Waals surface area contributed by atoms with Gasteiger partial charge in [0.05, 0.1) is 5.92 Å². The summed E-state index contributed by atoms with van der Waals surface area (Å²) in [6.07, 6.45) is 7.37. The molecular weight excluding hydrogens is 176 g/mol. The third kappa shape index (κ3) is 6.70. The number of carbonyl (C=O) groups excluding carboxylic acids is 1. The van der Waals surface area contributed by atoms with Crippen LogP contribution < -0.4 is 0 Å². The van der Waals surface area contributed by atoms with Crippen LogP contribution in [0.5, 0.6) is 0 Å². The Labute approximate surface area is 87.3 Å². The molecule has 0 fully saturated rings. The Kier molecular flexibility index (Phi) is 8.30. The minimum Gasteiger partial charge on any atom is -0.461 e. The van der Waals surface area contributed by atoms with E-state index >= 15 is 0 Å². The molecule has 0 bridgehead atoms. The lowest BCUT2D eigenvalue weighted by Crippen LogP contribution is -2.14. The lowest BCUT2D eigenvalue weighted by Gasteiger charge is -2.09. The van der Waals surface area contributed by atoms with Gasteiger partial charge in [0.1, 0.15) is 6.61 Å². The van der Waals surface area contributed by atoms with Gasteiger partial charge in [-0.3, -0.25) is 4.79 Å². The first-order valence-corrected chi connectivity index (χ1v) is 5.49. The van der Waals surface area contributed by atoms with Crippen molar-refractivity contribution in [1.29, 1.82) is 0 Å². The van der Waals surface area contributed by atoms with Crippen molar-refractivity contribution in [2.75, 3.05) is 6.61 Å². The summed E-state index contributed by atoms with van der Waals surface area (Å²) in [7, 11) is 0. The molecule has 0 aliphatic rings. The second kappa shape index (κ2) is 8.79. The van der Waals surface area contributed by atoms with Crippen LogP contribution in [0.3, 0.4) is 0 Å². The van der Waals surface area contributed by atoms with Crippen molar-refractivity contribution < 1.29 is 9.53 Å². The fraction of sp³-hybridized carbons (Fsp3) is 0.750. The first kappa shape index (κ1) is 13.2. The van der Waals surface area contributed by atoms with Gasteiger partial charge in [0.2, 0.25) is 0 Å². The number of hydrogen-bond donors (Lipinski definition) is 0. The van der Waals surface area contributed by atoms with Crippen molar-refractivity contribution in [3.63, 3.8) is 0 Å². The summed E-state index contributed by atoms with van der Waals surface area (Å²) in [6.45, 7) is 7.94. The largest absolute Gasteiger partial charge is 0.461 e. The van der Waals surface area contributed by atoms with Gasteiger partial charge in [-0.2, -0.15) is 0 Å². The van der Waals surface area contributed by atoms with Gasteiger partial charge in [-0.15, -0.1) is 0 Å². The van der Waals surface area contributed by atoms with E-state index < -0.39 is 0 Å². The summed E-state index contributed by atoms with van der Waals surface area (Å²) in [5, 5.41) is 0. The molecule has 0 N–H and O–H groups in total. The van der Waals surface area contributed by atoms with E-state index in [1.54, 1.807) is 6.08 Å². The van der Waals surface area contributed by atoms with E-state index in [9.17, 15) is 4.79 Å². The van der Waals surface area contributed by atoms with Crippen LogP contribution in [0.25, 0.3) is 0 Å². The molecule has 14 heavy (non-hydrogen) atoms. The van der Waals surface area contributed by atoms with E-state index in [1.165, 1.54) is 19.3 Å². The second-order valence-electron chi connectivity index (χ2n) is 3.67. The maximum absolute atomic E-state index is 11.3. The van der Waals surface area contributed by atoms with Crippen LogP contribution in [-0.2, 0) is 9.53 Å². The van der Waals surface area contributed by atoms with Crippen LogP contribution >= 0.6 is 0 Å². The predicted molar refractivity (Wildman–Crippen MR) is 59.1 cm³/mol. The van der Waals surface area contributed by atoms with Gasteiger partial charge in [-0.25, -0.2) is 0 Å². The minimum absolute atomic E-state index is 0.0341. The Balaban J connectivity index is 3.46. The molecule has 0 aromatic carbocycles. The maximum atomic E-state index is 11.3. The average molecular weight is 198 g/mol. The zero-order valence-corrected chi connectivity index (χ0v) is 9.42. The predicted octanol–water partition coefficient (Wildman–Crippen LogP) is 3.32. The van der Waals surface area contributed by atoms with E-state index in [2.05, 4.69) is 13.5 Å². The van der Waals surface area contributed by atoms with Crippen molar-refractivity contribution in [2.45, 2.75) is 46.0 Å². The van der Waals surface area contributed by atoms with Crippen molar-refractivity contribution in [1.82, 2.24) is 0 Å². The number of hydrogen-bond acceptors (Lipinski definition) is 2. The SMILES string of the molecule is C=CCOC(=O)C(C)CCCCCC. The smallest absolute Gasteiger partial charge is 0.308 e. The average Bonchev–Trinajstić information content (AvgIpc) is 2.20. The Morgan fingerprint density at radius 1 is 1.43 bits per heavy atom. The monoisotopic (exact) mass is 198 g/mol. The fourth-order valence-corrected chi connectivity index (χ4v) is 1.28. The maximum Gasteiger partial charge on any atom is 0.308 e. The zero-order valence-electron chi connectivity index (χ0n) is 9.42. The molecule has 0 heterocycles. The van der Waals surface area contributed by atoms with E-state index in [0.717, 1.165) is 12.8 Å². The Hall–Kier alpha value is -0.790. The van der Waals surface area contributed by atoms with Crippen LogP contribution in [-0.4, -0.2) is 12.6 Å². The Morgan fingerprint density at radius 2 is 2.14 bits per heavy atom. The molecule has 0 saturated carbocycles. The third-order valence-corrected chi connectivity index (χ3v) is 2.24. The molecule has 0 spiro atoms. The summed E-state index contributed by atoms with van der Waals surface area (Å²) >= 11 is 0. The number of rotatable bonds is 8. The molecule has 1 atom stereocenters. The lowest BCUT2D eigenvalue weighted by atomic mass is 10.0. The van der Waals surface area contributed by atoms with E-state index in [1.807, 2.05) is 6.92 Å². The van der Waals surface area contributed by atoms with E-state index in [0.29, 0.717) is 6.61 Å². The summed E-state index contributed by atoms with van der Waals surface area (Å²) in [5.41, 5.74) is 0. The molecule has 0 aromatic heterocycles. The third-order valence-electron chi connectivity index (χ3n) is 2.24. The Morgan fingerprint density at radius 3 is 2.71 bits per heavy atom. The normalized spacial score (nSPS) is 12.1. The van der Waals surface area contributed by atoms with Gasteiger partial charge in [0.15, 0.2) is 0 Å². The molecule has 0 amide bonds. The van der Waals surface area contributed by atoms with Gasteiger partial charge in [-0.05, 0) is 6.42 Å². The molecule has 0 aromatic rings. The summed E-state index contributed by atoms with van der Waals surface area (Å²) < 4.78 is 4.95. The van der Waals surface area contributed by atoms with Gasteiger partial charge >= 0.3 is 5.97 Å². The van der Waals surface area contributed by atoms with Crippen LogP contribution in [0.1, 0.15) is 46.0 Å². The first-order chi connectivity index (χ1) is 6.72. The number of esters is 1. The van der Waals surface area contributed by atoms with Gasteiger partial charge in [-0.1, -0.05) is 52.2 Å². The second-order valence-corrected chi connectivity index (χ2v) is 3.67. The van der Waals surface area contributed by atoms with Gasteiger partial charge in [0, 0.05) is 0 Å². The van der Waals surface area contributed by atoms with E-state index in [-0.39, 0.29) is 11.9 Å². The first-order valence-electron chi connectivity index (χ1n) is 5.49. The van der Waals surface area contributed by atoms with E-state index in [4.69, 9.17) is 4.74 Å². The van der Waals surface area contributed by atoms with Crippen molar-refractivity contribution in [2.24, 2.45) is 5.92 Å². The highest BCUT2D eigenvalue weighted by molar-refractivity contribution is 5.71. The molecule has 0 aliphatic heterocycles. The van der Waals surface area contributed by atoms with Crippen LogP contribution in [0.15, 0.2) is 12.7 Å². The standard InChI is InChI=1S/C12H22O2/c1-4-6-7-8-9-11(3)12(13)14-10-5-2/h5,11H,2,4,6-10H2,1,3H3. The molecule has 0 rings (SSSR count). The minimum atomic E-state index is -0.0959. The molecule has 2 heteroatoms. The van der Waals surface area contributed by atoms with Crippen LogP contribution in [0.2, 0.25) is 0 Å². The Bertz CT molecular complexity index is 164. The topological polar surface area (TPSA) is 26.3 Å². The molecule has 1 unspecified atom stereocenters. The van der Waals surface area contributed by atoms with Crippen molar-refractivity contribution >= 4 is 5.97 Å². The van der Waals surface area contributed by atoms with Crippen LogP contribution in [0, 0.1) is 5.92 Å².